The number of nitrogens with zero attached hydrogens (tertiary/aromatic N) is 3. The van der Waals surface area contributed by atoms with Gasteiger partial charge in [-0.2, -0.15) is 0 Å². The van der Waals surface area contributed by atoms with E-state index in [0.29, 0.717) is 41.4 Å². The van der Waals surface area contributed by atoms with Crippen LogP contribution in [0.1, 0.15) is 78.7 Å². The first-order valence-electron chi connectivity index (χ1n) is 24.0. The van der Waals surface area contributed by atoms with Gasteiger partial charge in [0, 0.05) is 49.8 Å². The van der Waals surface area contributed by atoms with Gasteiger partial charge in [-0.1, -0.05) is 78.7 Å². The van der Waals surface area contributed by atoms with Crippen molar-refractivity contribution < 1.29 is 48.1 Å². The fourth-order valence-electron chi connectivity index (χ4n) is 10.3. The maximum Gasteiger partial charge on any atom is 0.416 e. The van der Waals surface area contributed by atoms with Gasteiger partial charge in [-0.05, 0) is 134 Å². The molecule has 0 aromatic heterocycles. The van der Waals surface area contributed by atoms with Crippen LogP contribution in [0.5, 0.6) is 23.0 Å². The molecule has 0 saturated heterocycles. The van der Waals surface area contributed by atoms with E-state index in [1.54, 1.807) is 18.2 Å². The molecule has 1 aliphatic heterocycles. The second-order valence-electron chi connectivity index (χ2n) is 18.3. The molecule has 0 radical (unpaired) electrons. The number of aliphatic hydroxyl groups excluding tert-OH is 2. The van der Waals surface area contributed by atoms with Crippen LogP contribution < -0.4 is 14.2 Å². The number of aryl methyl sites for hydroxylation is 2. The molecule has 6 atom stereocenters. The predicted octanol–water partition coefficient (Wildman–Crippen LogP) is 11.7. The number of amides is 1. The number of carbonyl (C=O) groups is 1. The Hall–Kier alpha value is -6.87. The van der Waals surface area contributed by atoms with Crippen LogP contribution in [0, 0.1) is 47.5 Å². The van der Waals surface area contributed by atoms with Gasteiger partial charge < -0.3 is 34.0 Å². The molecule has 8 rings (SSSR count). The SMILES string of the molecule is C=CCO[C@@]12Oc3ccc(Oc4ccc(C)c(C)c4)cc3[C@H]3[C@H](CCCCO)[C@@H](CCCCO)C=C(C(=NOCc4ccccc4)C[C@@H]1N(Cc1ccc(F)cc1)C(=O)Oc1ccc([N+](=O)[O-])cc1)[C@H]32. The third kappa shape index (κ3) is 11.1. The van der Waals surface area contributed by atoms with E-state index in [4.69, 9.17) is 28.9 Å². The summed E-state index contributed by atoms with van der Waals surface area (Å²) in [5, 5.41) is 36.6. The Morgan fingerprint density at radius 2 is 1.59 bits per heavy atom. The highest BCUT2D eigenvalue weighted by Crippen LogP contribution is 2.62. The molecular weight excluding hydrogens is 894 g/mol. The molecule has 14 heteroatoms. The Kier molecular flexibility index (Phi) is 16.1. The van der Waals surface area contributed by atoms with Crippen LogP contribution in [0.4, 0.5) is 14.9 Å². The van der Waals surface area contributed by atoms with Crippen molar-refractivity contribution in [2.45, 2.75) is 89.7 Å². The van der Waals surface area contributed by atoms with E-state index in [1.165, 1.54) is 41.3 Å². The number of ether oxygens (including phenoxy) is 4. The standard InChI is InChI=1S/C56H60FN3O10/c1-4-30-66-56-52(59(35-39-17-19-42(57)20-18-39)55(63)69-44-24-21-43(22-25-44)60(64)65)34-50(58-67-36-40-12-6-5-7-13-40)48-32-41(14-8-10-28-61)47(15-9-11-29-62)53(54(48)56)49-33-46(26-27-51(49)70-56)68-45-23-16-37(2)38(3)31-45/h4-7,12-13,16-27,31-33,41,47,52-54,61-62H,1,8-11,14-15,28-30,34-36H2,2-3H3/t41-,47+,52-,53+,54+,56+/m0/s1. The lowest BCUT2D eigenvalue weighted by Crippen LogP contribution is -2.70. The number of halogens is 1. The zero-order chi connectivity index (χ0) is 49.2. The molecule has 70 heavy (non-hydrogen) atoms. The summed E-state index contributed by atoms with van der Waals surface area (Å²) in [5.74, 6) is -1.31. The Balaban J connectivity index is 1.34. The molecular formula is C56H60FN3O10. The Bertz CT molecular complexity index is 2680. The van der Waals surface area contributed by atoms with Crippen LogP contribution in [0.25, 0.3) is 0 Å². The first-order chi connectivity index (χ1) is 34.0. The minimum Gasteiger partial charge on any atom is -0.459 e. The number of nitro groups is 1. The van der Waals surface area contributed by atoms with Gasteiger partial charge in [-0.25, -0.2) is 9.18 Å². The van der Waals surface area contributed by atoms with Crippen molar-refractivity contribution >= 4 is 17.5 Å². The summed E-state index contributed by atoms with van der Waals surface area (Å²) in [4.78, 5) is 33.9. The zero-order valence-corrected chi connectivity index (χ0v) is 39.6. The lowest BCUT2D eigenvalue weighted by Gasteiger charge is -2.59. The number of unbranched alkanes of at least 4 members (excludes halogenated alkanes) is 2. The molecule has 366 valence electrons. The van der Waals surface area contributed by atoms with E-state index in [9.17, 15) is 24.7 Å². The van der Waals surface area contributed by atoms with E-state index >= 15 is 4.79 Å². The van der Waals surface area contributed by atoms with Crippen molar-refractivity contribution in [3.05, 3.63) is 183 Å². The summed E-state index contributed by atoms with van der Waals surface area (Å²) >= 11 is 0. The molecule has 0 spiro atoms. The van der Waals surface area contributed by atoms with Gasteiger partial charge in [-0.3, -0.25) is 15.0 Å². The van der Waals surface area contributed by atoms with Gasteiger partial charge in [0.05, 0.1) is 23.2 Å². The van der Waals surface area contributed by atoms with E-state index in [0.717, 1.165) is 53.5 Å². The summed E-state index contributed by atoms with van der Waals surface area (Å²) in [6.45, 7) is 8.30. The van der Waals surface area contributed by atoms with Crippen LogP contribution in [-0.4, -0.2) is 63.5 Å². The molecule has 3 aliphatic rings. The number of carbonyl (C=O) groups excluding carboxylic acids is 1. The van der Waals surface area contributed by atoms with E-state index in [1.807, 2.05) is 73.7 Å². The summed E-state index contributed by atoms with van der Waals surface area (Å²) in [6.07, 6.45) is 7.31. The van der Waals surface area contributed by atoms with Crippen molar-refractivity contribution in [3.63, 3.8) is 0 Å². The smallest absolute Gasteiger partial charge is 0.416 e. The second-order valence-corrected chi connectivity index (χ2v) is 18.3. The predicted molar refractivity (Wildman–Crippen MR) is 263 cm³/mol. The monoisotopic (exact) mass is 953 g/mol. The summed E-state index contributed by atoms with van der Waals surface area (Å²) in [7, 11) is 0. The average Bonchev–Trinajstić information content (AvgIpc) is 3.36. The topological polar surface area (TPSA) is 162 Å². The first kappa shape index (κ1) is 49.5. The largest absolute Gasteiger partial charge is 0.459 e. The highest BCUT2D eigenvalue weighted by molar-refractivity contribution is 6.03. The summed E-state index contributed by atoms with van der Waals surface area (Å²) in [6, 6.07) is 31.5. The maximum absolute atomic E-state index is 15.1. The Morgan fingerprint density at radius 3 is 2.29 bits per heavy atom. The van der Waals surface area contributed by atoms with Gasteiger partial charge in [-0.15, -0.1) is 6.58 Å². The fourth-order valence-corrected chi connectivity index (χ4v) is 10.3. The van der Waals surface area contributed by atoms with Gasteiger partial charge in [0.25, 0.3) is 5.69 Å². The number of rotatable bonds is 21. The Morgan fingerprint density at radius 1 is 0.886 bits per heavy atom. The van der Waals surface area contributed by atoms with Crippen molar-refractivity contribution in [1.29, 1.82) is 0 Å². The lowest BCUT2D eigenvalue weighted by atomic mass is 9.55. The molecule has 2 aliphatic carbocycles. The fraction of sp³-hybridized carbons (Fsp3) is 0.357. The van der Waals surface area contributed by atoms with E-state index in [-0.39, 0.29) is 68.6 Å². The van der Waals surface area contributed by atoms with Gasteiger partial charge >= 0.3 is 6.09 Å². The lowest BCUT2D eigenvalue weighted by molar-refractivity contribution is -0.384. The third-order valence-corrected chi connectivity index (χ3v) is 13.7. The number of oxime groups is 1. The number of benzene rings is 5. The molecule has 0 bridgehead atoms. The van der Waals surface area contributed by atoms with Gasteiger partial charge in [0.15, 0.2) is 0 Å². The van der Waals surface area contributed by atoms with Gasteiger partial charge in [0.2, 0.25) is 5.79 Å². The van der Waals surface area contributed by atoms with Crippen LogP contribution >= 0.6 is 0 Å². The molecule has 1 heterocycles. The minimum absolute atomic E-state index is 0.0180. The number of aliphatic hydroxyl groups is 2. The molecule has 1 saturated carbocycles. The van der Waals surface area contributed by atoms with Crippen molar-refractivity contribution in [2.75, 3.05) is 19.8 Å². The van der Waals surface area contributed by atoms with Crippen LogP contribution in [0.3, 0.4) is 0 Å². The quantitative estimate of drug-likeness (QED) is 0.0313. The van der Waals surface area contributed by atoms with Crippen molar-refractivity contribution in [1.82, 2.24) is 4.90 Å². The number of hydrogen-bond donors (Lipinski definition) is 2. The molecule has 2 N–H and O–H groups in total. The van der Waals surface area contributed by atoms with Crippen LogP contribution in [-0.2, 0) is 22.7 Å². The highest BCUT2D eigenvalue weighted by Gasteiger charge is 2.66. The normalized spacial score (nSPS) is 21.6. The van der Waals surface area contributed by atoms with Gasteiger partial charge in [0.1, 0.15) is 41.5 Å². The molecule has 5 aromatic rings. The second kappa shape index (κ2) is 22.7. The Labute approximate surface area is 407 Å². The molecule has 5 aromatic carbocycles. The summed E-state index contributed by atoms with van der Waals surface area (Å²) < 4.78 is 41.7. The molecule has 13 nitrogen and oxygen atoms in total. The minimum atomic E-state index is -1.65. The average molecular weight is 954 g/mol. The number of fused-ring (bicyclic) bond motifs is 2. The highest BCUT2D eigenvalue weighted by atomic mass is 19.1. The number of non-ortho nitro benzene ring substituents is 1. The molecule has 0 unspecified atom stereocenters. The van der Waals surface area contributed by atoms with Crippen molar-refractivity contribution in [2.24, 2.45) is 22.9 Å². The first-order valence-corrected chi connectivity index (χ1v) is 24.0. The molecule has 1 fully saturated rings. The maximum atomic E-state index is 15.1. The van der Waals surface area contributed by atoms with Crippen molar-refractivity contribution in [3.8, 4) is 23.0 Å². The number of nitro benzene ring substituents is 1. The van der Waals surface area contributed by atoms with Crippen LogP contribution in [0.2, 0.25) is 0 Å². The number of hydrogen-bond acceptors (Lipinski definition) is 11. The zero-order valence-electron chi connectivity index (χ0n) is 39.6. The van der Waals surface area contributed by atoms with E-state index < -0.39 is 34.6 Å². The third-order valence-electron chi connectivity index (χ3n) is 13.7. The van der Waals surface area contributed by atoms with E-state index in [2.05, 4.69) is 19.6 Å². The van der Waals surface area contributed by atoms with Crippen LogP contribution in [0.15, 0.2) is 145 Å². The molecule has 1 amide bonds. The summed E-state index contributed by atoms with van der Waals surface area (Å²) in [5.41, 5.74) is 5.82. The number of allylic oxidation sites excluding steroid dienone is 1.